The van der Waals surface area contributed by atoms with Gasteiger partial charge in [-0.05, 0) is 26.5 Å². The largest absolute Gasteiger partial charge is 0.573 e. The highest BCUT2D eigenvalue weighted by Crippen LogP contribution is 2.33. The second-order valence-corrected chi connectivity index (χ2v) is 4.25. The van der Waals surface area contributed by atoms with Crippen LogP contribution in [0.25, 0.3) is 0 Å². The van der Waals surface area contributed by atoms with Crippen LogP contribution in [0, 0.1) is 0 Å². The van der Waals surface area contributed by atoms with E-state index in [0.29, 0.717) is 18.6 Å². The second kappa shape index (κ2) is 7.50. The number of halogens is 3. The highest BCUT2D eigenvalue weighted by Gasteiger charge is 2.33. The van der Waals surface area contributed by atoms with Gasteiger partial charge in [-0.25, -0.2) is 0 Å². The predicted octanol–water partition coefficient (Wildman–Crippen LogP) is 3.66. The third-order valence-electron chi connectivity index (χ3n) is 2.95. The molecule has 0 heterocycles. The van der Waals surface area contributed by atoms with Gasteiger partial charge >= 0.3 is 6.36 Å². The number of nitrogens with one attached hydrogen (secondary N) is 1. The van der Waals surface area contributed by atoms with Gasteiger partial charge in [0.15, 0.2) is 0 Å². The first kappa shape index (κ1) is 16.8. The molecule has 1 aromatic rings. The van der Waals surface area contributed by atoms with Crippen LogP contribution in [0.3, 0.4) is 0 Å². The predicted molar refractivity (Wildman–Crippen MR) is 70.6 cm³/mol. The summed E-state index contributed by atoms with van der Waals surface area (Å²) in [5, 5.41) is 3.01. The van der Waals surface area contributed by atoms with E-state index in [2.05, 4.69) is 10.1 Å². The molecule has 2 atom stereocenters. The molecule has 1 N–H and O–H groups in total. The van der Waals surface area contributed by atoms with E-state index in [1.807, 2.05) is 13.8 Å². The molecule has 1 rings (SSSR count). The smallest absolute Gasteiger partial charge is 0.405 e. The highest BCUT2D eigenvalue weighted by atomic mass is 19.4. The van der Waals surface area contributed by atoms with Gasteiger partial charge < -0.3 is 14.8 Å². The minimum atomic E-state index is -4.71. The van der Waals surface area contributed by atoms with Crippen molar-refractivity contribution in [2.24, 2.45) is 0 Å². The Labute approximate surface area is 117 Å². The van der Waals surface area contributed by atoms with Crippen molar-refractivity contribution in [2.75, 3.05) is 13.7 Å². The van der Waals surface area contributed by atoms with Crippen molar-refractivity contribution in [3.05, 3.63) is 29.8 Å². The zero-order valence-electron chi connectivity index (χ0n) is 11.8. The summed E-state index contributed by atoms with van der Waals surface area (Å²) in [5.74, 6) is -0.197. The summed E-state index contributed by atoms with van der Waals surface area (Å²) in [6, 6.07) is 5.76. The van der Waals surface area contributed by atoms with Crippen molar-refractivity contribution in [2.45, 2.75) is 38.8 Å². The third-order valence-corrected chi connectivity index (χ3v) is 2.95. The lowest BCUT2D eigenvalue weighted by molar-refractivity contribution is -0.275. The zero-order chi connectivity index (χ0) is 15.2. The maximum atomic E-state index is 12.4. The van der Waals surface area contributed by atoms with Crippen LogP contribution in [-0.4, -0.2) is 26.1 Å². The molecule has 0 aliphatic carbocycles. The molecule has 6 heteroatoms. The molecule has 0 aliphatic rings. The lowest BCUT2D eigenvalue weighted by Gasteiger charge is -2.27. The maximum absolute atomic E-state index is 12.4. The van der Waals surface area contributed by atoms with Crippen molar-refractivity contribution in [1.29, 1.82) is 0 Å². The van der Waals surface area contributed by atoms with E-state index in [4.69, 9.17) is 4.74 Å². The van der Waals surface area contributed by atoms with Gasteiger partial charge in [0.25, 0.3) is 0 Å². The second-order valence-electron chi connectivity index (χ2n) is 4.25. The molecule has 0 saturated carbocycles. The molecule has 0 fully saturated rings. The van der Waals surface area contributed by atoms with E-state index in [-0.39, 0.29) is 17.9 Å². The zero-order valence-corrected chi connectivity index (χ0v) is 11.8. The Balaban J connectivity index is 3.08. The molecular weight excluding hydrogens is 271 g/mol. The van der Waals surface area contributed by atoms with E-state index in [0.717, 1.165) is 0 Å². The number of rotatable bonds is 7. The monoisotopic (exact) mass is 291 g/mol. The molecule has 20 heavy (non-hydrogen) atoms. The van der Waals surface area contributed by atoms with Crippen LogP contribution in [0.2, 0.25) is 0 Å². The van der Waals surface area contributed by atoms with Gasteiger partial charge in [-0.1, -0.05) is 25.1 Å². The Bertz CT molecular complexity index is 410. The lowest BCUT2D eigenvalue weighted by Crippen LogP contribution is -2.32. The molecule has 0 spiro atoms. The summed E-state index contributed by atoms with van der Waals surface area (Å²) >= 11 is 0. The number of hydrogen-bond acceptors (Lipinski definition) is 3. The molecule has 0 radical (unpaired) electrons. The molecule has 0 amide bonds. The number of alkyl halides is 3. The van der Waals surface area contributed by atoms with Gasteiger partial charge in [0, 0.05) is 12.2 Å². The van der Waals surface area contributed by atoms with Gasteiger partial charge in [0.05, 0.1) is 12.1 Å². The van der Waals surface area contributed by atoms with Crippen LogP contribution >= 0.6 is 0 Å². The van der Waals surface area contributed by atoms with Crippen molar-refractivity contribution in [3.63, 3.8) is 0 Å². The fourth-order valence-corrected chi connectivity index (χ4v) is 2.16. The molecule has 0 saturated heterocycles. The first-order chi connectivity index (χ1) is 9.42. The van der Waals surface area contributed by atoms with Crippen LogP contribution in [0.4, 0.5) is 13.2 Å². The fraction of sp³-hybridized carbons (Fsp3) is 0.571. The average Bonchev–Trinajstić information content (AvgIpc) is 2.38. The van der Waals surface area contributed by atoms with Gasteiger partial charge in [0.2, 0.25) is 0 Å². The minimum Gasteiger partial charge on any atom is -0.405 e. The number of para-hydroxylation sites is 1. The molecule has 0 aromatic heterocycles. The summed E-state index contributed by atoms with van der Waals surface area (Å²) < 4.78 is 47.0. The van der Waals surface area contributed by atoms with E-state index in [9.17, 15) is 13.2 Å². The summed E-state index contributed by atoms with van der Waals surface area (Å²) in [7, 11) is 1.69. The van der Waals surface area contributed by atoms with Crippen molar-refractivity contribution < 1.29 is 22.6 Å². The average molecular weight is 291 g/mol. The highest BCUT2D eigenvalue weighted by molar-refractivity contribution is 5.36. The molecule has 114 valence electrons. The van der Waals surface area contributed by atoms with E-state index < -0.39 is 6.36 Å². The SMILES string of the molecule is CCOC(CC)C(NC)c1ccccc1OC(F)(F)F. The van der Waals surface area contributed by atoms with Gasteiger partial charge in [-0.3, -0.25) is 0 Å². The van der Waals surface area contributed by atoms with Crippen LogP contribution < -0.4 is 10.1 Å². The van der Waals surface area contributed by atoms with Gasteiger partial charge in [0.1, 0.15) is 5.75 Å². The van der Waals surface area contributed by atoms with Crippen LogP contribution in [0.1, 0.15) is 31.9 Å². The summed E-state index contributed by atoms with van der Waals surface area (Å²) in [6.45, 7) is 4.28. The molecule has 0 aliphatic heterocycles. The fourth-order valence-electron chi connectivity index (χ4n) is 2.16. The molecule has 3 nitrogen and oxygen atoms in total. The van der Waals surface area contributed by atoms with E-state index in [1.165, 1.54) is 12.1 Å². The number of likely N-dealkylation sites (N-methyl/N-ethyl adjacent to an activating group) is 1. The van der Waals surface area contributed by atoms with Crippen molar-refractivity contribution in [3.8, 4) is 5.75 Å². The van der Waals surface area contributed by atoms with Gasteiger partial charge in [-0.15, -0.1) is 13.2 Å². The Kier molecular flexibility index (Phi) is 6.29. The summed E-state index contributed by atoms with van der Waals surface area (Å²) in [5.41, 5.74) is 0.438. The number of benzene rings is 1. The van der Waals surface area contributed by atoms with Gasteiger partial charge in [-0.2, -0.15) is 0 Å². The topological polar surface area (TPSA) is 30.5 Å². The van der Waals surface area contributed by atoms with Crippen LogP contribution in [-0.2, 0) is 4.74 Å². The van der Waals surface area contributed by atoms with E-state index >= 15 is 0 Å². The first-order valence-corrected chi connectivity index (χ1v) is 6.56. The van der Waals surface area contributed by atoms with E-state index in [1.54, 1.807) is 19.2 Å². The Morgan fingerprint density at radius 1 is 1.20 bits per heavy atom. The Hall–Kier alpha value is -1.27. The maximum Gasteiger partial charge on any atom is 0.573 e. The summed E-state index contributed by atoms with van der Waals surface area (Å²) in [6.07, 6.45) is -4.25. The molecule has 0 bridgehead atoms. The first-order valence-electron chi connectivity index (χ1n) is 6.56. The van der Waals surface area contributed by atoms with Crippen LogP contribution in [0.5, 0.6) is 5.75 Å². The molecule has 1 aromatic carbocycles. The lowest BCUT2D eigenvalue weighted by atomic mass is 9.98. The Morgan fingerprint density at radius 2 is 1.85 bits per heavy atom. The minimum absolute atomic E-state index is 0.197. The quantitative estimate of drug-likeness (QED) is 0.831. The van der Waals surface area contributed by atoms with Crippen LogP contribution in [0.15, 0.2) is 24.3 Å². The normalized spacial score (nSPS) is 14.9. The number of ether oxygens (including phenoxy) is 2. The molecular formula is C14H20F3NO2. The van der Waals surface area contributed by atoms with Crippen molar-refractivity contribution >= 4 is 0 Å². The number of hydrogen-bond donors (Lipinski definition) is 1. The third kappa shape index (κ3) is 4.68. The standard InChI is InChI=1S/C14H20F3NO2/c1-4-11(19-5-2)13(18-3)10-8-6-7-9-12(10)20-14(15,16)17/h6-9,11,13,18H,4-5H2,1-3H3. The summed E-state index contributed by atoms with van der Waals surface area (Å²) in [4.78, 5) is 0. The Morgan fingerprint density at radius 3 is 2.35 bits per heavy atom. The molecule has 2 unspecified atom stereocenters. The van der Waals surface area contributed by atoms with Crippen molar-refractivity contribution in [1.82, 2.24) is 5.32 Å².